The summed E-state index contributed by atoms with van der Waals surface area (Å²) in [6.07, 6.45) is 11.0. The van der Waals surface area contributed by atoms with Crippen LogP contribution in [0.5, 0.6) is 0 Å². The highest BCUT2D eigenvalue weighted by atomic mass is 32.1. The van der Waals surface area contributed by atoms with Crippen molar-refractivity contribution in [3.63, 3.8) is 0 Å². The Morgan fingerprint density at radius 1 is 1.06 bits per heavy atom. The summed E-state index contributed by atoms with van der Waals surface area (Å²) < 4.78 is 0. The highest BCUT2D eigenvalue weighted by Gasteiger charge is 2.21. The third kappa shape index (κ3) is 2.71. The second kappa shape index (κ2) is 5.49. The third-order valence-corrected chi connectivity index (χ3v) is 5.33. The summed E-state index contributed by atoms with van der Waals surface area (Å²) >= 11 is 1.98. The molecule has 0 amide bonds. The van der Waals surface area contributed by atoms with E-state index in [0.717, 1.165) is 25.4 Å². The fraction of sp³-hybridized carbons (Fsp3) is 0.786. The number of nitrogens with one attached hydrogen (secondary N) is 1. The number of rotatable bonds is 1. The Bertz CT molecular complexity index is 341. The average molecular weight is 250 g/mol. The Hall–Kier alpha value is -0.410. The van der Waals surface area contributed by atoms with Gasteiger partial charge in [0.15, 0.2) is 0 Å². The first-order valence-corrected chi connectivity index (χ1v) is 7.94. The topological polar surface area (TPSA) is 24.9 Å². The van der Waals surface area contributed by atoms with Crippen molar-refractivity contribution in [2.75, 3.05) is 6.54 Å². The first-order chi connectivity index (χ1) is 8.43. The van der Waals surface area contributed by atoms with E-state index in [0.29, 0.717) is 0 Å². The predicted octanol–water partition coefficient (Wildman–Crippen LogP) is 3.62. The van der Waals surface area contributed by atoms with E-state index in [1.165, 1.54) is 60.5 Å². The van der Waals surface area contributed by atoms with Crippen LogP contribution in [-0.2, 0) is 13.0 Å². The first-order valence-electron chi connectivity index (χ1n) is 7.12. The van der Waals surface area contributed by atoms with Gasteiger partial charge in [0.25, 0.3) is 0 Å². The van der Waals surface area contributed by atoms with Gasteiger partial charge in [-0.1, -0.05) is 32.1 Å². The first kappa shape index (κ1) is 11.7. The lowest BCUT2D eigenvalue weighted by atomic mass is 9.92. The zero-order valence-corrected chi connectivity index (χ0v) is 11.3. The molecule has 1 aliphatic carbocycles. The average Bonchev–Trinajstić information content (AvgIpc) is 2.71. The van der Waals surface area contributed by atoms with Gasteiger partial charge < -0.3 is 5.32 Å². The number of thiazole rings is 1. The van der Waals surface area contributed by atoms with Gasteiger partial charge in [-0.3, -0.25) is 0 Å². The maximum absolute atomic E-state index is 4.93. The van der Waals surface area contributed by atoms with E-state index in [1.54, 1.807) is 0 Å². The molecule has 0 saturated heterocycles. The monoisotopic (exact) mass is 250 g/mol. The normalized spacial score (nSPS) is 22.8. The summed E-state index contributed by atoms with van der Waals surface area (Å²) in [5.41, 5.74) is 1.39. The van der Waals surface area contributed by atoms with E-state index in [-0.39, 0.29) is 0 Å². The summed E-state index contributed by atoms with van der Waals surface area (Å²) in [5, 5.41) is 4.89. The summed E-state index contributed by atoms with van der Waals surface area (Å²) in [5.74, 6) is 0.769. The van der Waals surface area contributed by atoms with Crippen LogP contribution >= 0.6 is 11.3 Å². The summed E-state index contributed by atoms with van der Waals surface area (Å²) in [7, 11) is 0. The predicted molar refractivity (Wildman–Crippen MR) is 72.6 cm³/mol. The molecule has 3 heteroatoms. The number of nitrogens with zero attached hydrogens (tertiary/aromatic N) is 1. The van der Waals surface area contributed by atoms with Crippen LogP contribution in [0.15, 0.2) is 0 Å². The van der Waals surface area contributed by atoms with E-state index in [9.17, 15) is 0 Å². The van der Waals surface area contributed by atoms with Crippen LogP contribution < -0.4 is 5.32 Å². The number of aromatic nitrogens is 1. The van der Waals surface area contributed by atoms with E-state index in [4.69, 9.17) is 4.98 Å². The standard InChI is InChI=1S/C14H22N2S/c1-2-4-6-11(7-5-3-1)14-16-12-8-9-15-10-13(12)17-14/h11,15H,1-10H2. The molecule has 0 unspecified atom stereocenters. The van der Waals surface area contributed by atoms with Crippen LogP contribution in [0, 0.1) is 0 Å². The van der Waals surface area contributed by atoms with Gasteiger partial charge in [-0.05, 0) is 12.8 Å². The molecule has 0 bridgehead atoms. The summed E-state index contributed by atoms with van der Waals surface area (Å²) in [6, 6.07) is 0. The highest BCUT2D eigenvalue weighted by Crippen LogP contribution is 2.35. The van der Waals surface area contributed by atoms with Gasteiger partial charge in [0.05, 0.1) is 10.7 Å². The van der Waals surface area contributed by atoms with Crippen molar-refractivity contribution in [2.24, 2.45) is 0 Å². The molecule has 1 saturated carbocycles. The largest absolute Gasteiger partial charge is 0.311 e. The van der Waals surface area contributed by atoms with Gasteiger partial charge in [0, 0.05) is 30.3 Å². The van der Waals surface area contributed by atoms with E-state index >= 15 is 0 Å². The second-order valence-electron chi connectivity index (χ2n) is 5.39. The molecule has 0 radical (unpaired) electrons. The quantitative estimate of drug-likeness (QED) is 0.823. The Kier molecular flexibility index (Phi) is 3.77. The molecule has 1 N–H and O–H groups in total. The maximum Gasteiger partial charge on any atom is 0.0962 e. The molecule has 2 aliphatic rings. The molecule has 0 aromatic carbocycles. The fourth-order valence-corrected chi connectivity index (χ4v) is 4.27. The molecule has 94 valence electrons. The van der Waals surface area contributed by atoms with Gasteiger partial charge in [-0.15, -0.1) is 11.3 Å². The van der Waals surface area contributed by atoms with Gasteiger partial charge >= 0.3 is 0 Å². The third-order valence-electron chi connectivity index (χ3n) is 4.07. The second-order valence-corrected chi connectivity index (χ2v) is 6.51. The van der Waals surface area contributed by atoms with Gasteiger partial charge in [-0.25, -0.2) is 4.98 Å². The van der Waals surface area contributed by atoms with Gasteiger partial charge in [0.2, 0.25) is 0 Å². The zero-order valence-electron chi connectivity index (χ0n) is 10.5. The summed E-state index contributed by atoms with van der Waals surface area (Å²) in [4.78, 5) is 6.43. The van der Waals surface area contributed by atoms with Gasteiger partial charge in [-0.2, -0.15) is 0 Å². The molecular weight excluding hydrogens is 228 g/mol. The van der Waals surface area contributed by atoms with Crippen molar-refractivity contribution in [3.05, 3.63) is 15.6 Å². The molecule has 0 atom stereocenters. The lowest BCUT2D eigenvalue weighted by molar-refractivity contribution is 0.454. The number of fused-ring (bicyclic) bond motifs is 1. The Morgan fingerprint density at radius 3 is 2.59 bits per heavy atom. The smallest absolute Gasteiger partial charge is 0.0962 e. The molecular formula is C14H22N2S. The minimum atomic E-state index is 0.769. The summed E-state index contributed by atoms with van der Waals surface area (Å²) in [6.45, 7) is 2.17. The van der Waals surface area contributed by atoms with Gasteiger partial charge in [0.1, 0.15) is 0 Å². The van der Waals surface area contributed by atoms with Crippen molar-refractivity contribution < 1.29 is 0 Å². The zero-order chi connectivity index (χ0) is 11.5. The molecule has 1 aromatic heterocycles. The van der Waals surface area contributed by atoms with Crippen LogP contribution in [0.2, 0.25) is 0 Å². The molecule has 3 rings (SSSR count). The highest BCUT2D eigenvalue weighted by molar-refractivity contribution is 7.11. The molecule has 1 aliphatic heterocycles. The van der Waals surface area contributed by atoms with Crippen LogP contribution in [0.4, 0.5) is 0 Å². The lowest BCUT2D eigenvalue weighted by Crippen LogP contribution is -2.22. The Balaban J connectivity index is 1.75. The Morgan fingerprint density at radius 2 is 1.82 bits per heavy atom. The van der Waals surface area contributed by atoms with E-state index < -0.39 is 0 Å². The van der Waals surface area contributed by atoms with E-state index in [2.05, 4.69) is 5.32 Å². The Labute approximate surface area is 108 Å². The SMILES string of the molecule is C1CCCC(c2nc3c(s2)CNCC3)CCC1. The lowest BCUT2D eigenvalue weighted by Gasteiger charge is -2.17. The maximum atomic E-state index is 4.93. The molecule has 2 nitrogen and oxygen atoms in total. The number of hydrogen-bond acceptors (Lipinski definition) is 3. The number of hydrogen-bond donors (Lipinski definition) is 1. The fourth-order valence-electron chi connectivity index (χ4n) is 3.02. The minimum Gasteiger partial charge on any atom is -0.311 e. The molecule has 1 fully saturated rings. The molecule has 17 heavy (non-hydrogen) atoms. The van der Waals surface area contributed by atoms with Crippen molar-refractivity contribution in [1.29, 1.82) is 0 Å². The van der Waals surface area contributed by atoms with E-state index in [1.807, 2.05) is 11.3 Å². The van der Waals surface area contributed by atoms with Crippen LogP contribution in [-0.4, -0.2) is 11.5 Å². The van der Waals surface area contributed by atoms with Crippen molar-refractivity contribution >= 4 is 11.3 Å². The molecule has 0 spiro atoms. The molecule has 1 aromatic rings. The van der Waals surface area contributed by atoms with Crippen LogP contribution in [0.3, 0.4) is 0 Å². The molecule has 2 heterocycles. The van der Waals surface area contributed by atoms with Crippen LogP contribution in [0.1, 0.15) is 66.4 Å². The van der Waals surface area contributed by atoms with Crippen LogP contribution in [0.25, 0.3) is 0 Å². The minimum absolute atomic E-state index is 0.769. The van der Waals surface area contributed by atoms with Crippen molar-refractivity contribution in [2.45, 2.75) is 63.8 Å². The van der Waals surface area contributed by atoms with Crippen molar-refractivity contribution in [1.82, 2.24) is 10.3 Å². The van der Waals surface area contributed by atoms with Crippen molar-refractivity contribution in [3.8, 4) is 0 Å².